The van der Waals surface area contributed by atoms with Gasteiger partial charge in [0.05, 0.1) is 6.04 Å². The molecule has 0 bridgehead atoms. The van der Waals surface area contributed by atoms with E-state index in [9.17, 15) is 13.2 Å². The zero-order chi connectivity index (χ0) is 13.1. The fourth-order valence-corrected chi connectivity index (χ4v) is 1.82. The lowest BCUT2D eigenvalue weighted by Crippen LogP contribution is -2.30. The molecule has 2 aromatic rings. The number of rotatable bonds is 3. The van der Waals surface area contributed by atoms with Gasteiger partial charge in [0.15, 0.2) is 0 Å². The van der Waals surface area contributed by atoms with Crippen molar-refractivity contribution in [2.45, 2.75) is 6.04 Å². The molecule has 3 N–H and O–H groups in total. The highest BCUT2D eigenvalue weighted by Gasteiger charge is 2.20. The van der Waals surface area contributed by atoms with Crippen molar-refractivity contribution in [3.63, 3.8) is 0 Å². The predicted molar refractivity (Wildman–Crippen MR) is 61.9 cm³/mol. The second kappa shape index (κ2) is 5.20. The number of halogens is 3. The van der Waals surface area contributed by atoms with Gasteiger partial charge in [0.25, 0.3) is 0 Å². The molecule has 0 aromatic heterocycles. The van der Waals surface area contributed by atoms with Crippen LogP contribution in [0.25, 0.3) is 0 Å². The Bertz CT molecular complexity index is 537. The molecule has 0 saturated heterocycles. The predicted octanol–water partition coefficient (Wildman–Crippen LogP) is 2.66. The molecule has 2 rings (SSSR count). The highest BCUT2D eigenvalue weighted by molar-refractivity contribution is 5.33. The second-order valence-corrected chi connectivity index (χ2v) is 3.79. The zero-order valence-corrected chi connectivity index (χ0v) is 9.33. The number of hydrazine groups is 1. The molecule has 94 valence electrons. The quantitative estimate of drug-likeness (QED) is 0.651. The van der Waals surface area contributed by atoms with Gasteiger partial charge in [-0.25, -0.2) is 18.6 Å². The van der Waals surface area contributed by atoms with Crippen molar-refractivity contribution >= 4 is 0 Å². The molecule has 18 heavy (non-hydrogen) atoms. The molecule has 1 unspecified atom stereocenters. The van der Waals surface area contributed by atoms with Gasteiger partial charge in [-0.1, -0.05) is 18.2 Å². The molecule has 0 aliphatic rings. The van der Waals surface area contributed by atoms with Crippen molar-refractivity contribution in [1.82, 2.24) is 5.43 Å². The molecule has 1 atom stereocenters. The molecule has 0 heterocycles. The molecule has 0 aliphatic carbocycles. The Morgan fingerprint density at radius 1 is 0.944 bits per heavy atom. The van der Waals surface area contributed by atoms with Crippen LogP contribution >= 0.6 is 0 Å². The van der Waals surface area contributed by atoms with Crippen LogP contribution in [0, 0.1) is 17.5 Å². The van der Waals surface area contributed by atoms with E-state index < -0.39 is 23.5 Å². The van der Waals surface area contributed by atoms with Crippen LogP contribution in [-0.4, -0.2) is 0 Å². The Labute approximate surface area is 102 Å². The second-order valence-electron chi connectivity index (χ2n) is 3.79. The van der Waals surface area contributed by atoms with E-state index in [-0.39, 0.29) is 5.56 Å². The molecule has 0 aliphatic heterocycles. The van der Waals surface area contributed by atoms with Gasteiger partial charge in [0.1, 0.15) is 17.5 Å². The standard InChI is InChI=1S/C13H11F3N2/c14-9-4-1-3-8(7-9)13(18-17)12-10(15)5-2-6-11(12)16/h1-7,13,18H,17H2. The SMILES string of the molecule is NNC(c1cccc(F)c1)c1c(F)cccc1F. The van der Waals surface area contributed by atoms with Crippen molar-refractivity contribution < 1.29 is 13.2 Å². The minimum Gasteiger partial charge on any atom is -0.271 e. The average Bonchev–Trinajstić information content (AvgIpc) is 2.34. The van der Waals surface area contributed by atoms with E-state index in [1.54, 1.807) is 6.07 Å². The van der Waals surface area contributed by atoms with Crippen molar-refractivity contribution in [2.24, 2.45) is 5.84 Å². The summed E-state index contributed by atoms with van der Waals surface area (Å²) in [4.78, 5) is 0. The van der Waals surface area contributed by atoms with Gasteiger partial charge >= 0.3 is 0 Å². The molecule has 0 fully saturated rings. The van der Waals surface area contributed by atoms with E-state index >= 15 is 0 Å². The molecule has 0 spiro atoms. The Hall–Kier alpha value is -1.85. The van der Waals surface area contributed by atoms with Crippen molar-refractivity contribution in [1.29, 1.82) is 0 Å². The van der Waals surface area contributed by atoms with E-state index in [0.717, 1.165) is 12.1 Å². The summed E-state index contributed by atoms with van der Waals surface area (Å²) in [5.41, 5.74) is 2.41. The lowest BCUT2D eigenvalue weighted by atomic mass is 9.98. The molecule has 2 nitrogen and oxygen atoms in total. The van der Waals surface area contributed by atoms with Gasteiger partial charge in [-0.15, -0.1) is 0 Å². The molecule has 0 amide bonds. The maximum Gasteiger partial charge on any atom is 0.131 e. The number of hydrogen-bond acceptors (Lipinski definition) is 2. The molecule has 0 saturated carbocycles. The summed E-state index contributed by atoms with van der Waals surface area (Å²) in [6, 6.07) is 7.98. The molecular formula is C13H11F3N2. The van der Waals surface area contributed by atoms with E-state index in [1.165, 1.54) is 24.3 Å². The molecule has 2 aromatic carbocycles. The van der Waals surface area contributed by atoms with E-state index in [0.29, 0.717) is 5.56 Å². The zero-order valence-electron chi connectivity index (χ0n) is 9.33. The third kappa shape index (κ3) is 2.37. The van der Waals surface area contributed by atoms with Gasteiger partial charge in [0.2, 0.25) is 0 Å². The van der Waals surface area contributed by atoms with Crippen LogP contribution < -0.4 is 11.3 Å². The van der Waals surface area contributed by atoms with Gasteiger partial charge in [-0.3, -0.25) is 5.84 Å². The fraction of sp³-hybridized carbons (Fsp3) is 0.0769. The summed E-state index contributed by atoms with van der Waals surface area (Å²) in [5, 5.41) is 0. The lowest BCUT2D eigenvalue weighted by molar-refractivity contribution is 0.508. The smallest absolute Gasteiger partial charge is 0.131 e. The first-order valence-electron chi connectivity index (χ1n) is 5.29. The summed E-state index contributed by atoms with van der Waals surface area (Å²) < 4.78 is 40.4. The van der Waals surface area contributed by atoms with E-state index in [4.69, 9.17) is 5.84 Å². The minimum absolute atomic E-state index is 0.231. The molecular weight excluding hydrogens is 241 g/mol. The normalized spacial score (nSPS) is 12.4. The third-order valence-electron chi connectivity index (χ3n) is 2.64. The number of nitrogens with two attached hydrogens (primary N) is 1. The van der Waals surface area contributed by atoms with Crippen LogP contribution in [0.4, 0.5) is 13.2 Å². The minimum atomic E-state index is -0.943. The van der Waals surface area contributed by atoms with Crippen LogP contribution in [0.15, 0.2) is 42.5 Å². The maximum atomic E-state index is 13.6. The van der Waals surface area contributed by atoms with Gasteiger partial charge in [0, 0.05) is 5.56 Å². The fourth-order valence-electron chi connectivity index (χ4n) is 1.82. The largest absolute Gasteiger partial charge is 0.271 e. The van der Waals surface area contributed by atoms with Crippen LogP contribution in [0.2, 0.25) is 0 Å². The Morgan fingerprint density at radius 3 is 2.11 bits per heavy atom. The van der Waals surface area contributed by atoms with Gasteiger partial charge in [-0.05, 0) is 29.8 Å². The van der Waals surface area contributed by atoms with E-state index in [1.807, 2.05) is 0 Å². The van der Waals surface area contributed by atoms with Gasteiger partial charge in [-0.2, -0.15) is 0 Å². The number of nitrogens with one attached hydrogen (secondary N) is 1. The number of hydrogen-bond donors (Lipinski definition) is 2. The van der Waals surface area contributed by atoms with Crippen LogP contribution in [0.5, 0.6) is 0 Å². The first-order valence-corrected chi connectivity index (χ1v) is 5.29. The molecule has 5 heteroatoms. The molecule has 0 radical (unpaired) electrons. The maximum absolute atomic E-state index is 13.6. The van der Waals surface area contributed by atoms with Crippen molar-refractivity contribution in [3.05, 3.63) is 71.0 Å². The van der Waals surface area contributed by atoms with Crippen LogP contribution in [-0.2, 0) is 0 Å². The van der Waals surface area contributed by atoms with Crippen LogP contribution in [0.1, 0.15) is 17.2 Å². The summed E-state index contributed by atoms with van der Waals surface area (Å²) in [5.74, 6) is 3.35. The Kier molecular flexibility index (Phi) is 3.64. The first kappa shape index (κ1) is 12.6. The highest BCUT2D eigenvalue weighted by Crippen LogP contribution is 2.26. The van der Waals surface area contributed by atoms with Gasteiger partial charge < -0.3 is 0 Å². The van der Waals surface area contributed by atoms with Crippen LogP contribution in [0.3, 0.4) is 0 Å². The Morgan fingerprint density at radius 2 is 1.56 bits per heavy atom. The monoisotopic (exact) mass is 252 g/mol. The van der Waals surface area contributed by atoms with E-state index in [2.05, 4.69) is 5.43 Å². The summed E-state index contributed by atoms with van der Waals surface area (Å²) >= 11 is 0. The van der Waals surface area contributed by atoms with Crippen molar-refractivity contribution in [2.75, 3.05) is 0 Å². The third-order valence-corrected chi connectivity index (χ3v) is 2.64. The summed E-state index contributed by atoms with van der Waals surface area (Å²) in [6.45, 7) is 0. The Balaban J connectivity index is 2.52. The summed E-state index contributed by atoms with van der Waals surface area (Å²) in [6.07, 6.45) is 0. The topological polar surface area (TPSA) is 38.0 Å². The summed E-state index contributed by atoms with van der Waals surface area (Å²) in [7, 11) is 0. The average molecular weight is 252 g/mol. The van der Waals surface area contributed by atoms with Crippen molar-refractivity contribution in [3.8, 4) is 0 Å². The first-order chi connectivity index (χ1) is 8.63. The lowest BCUT2D eigenvalue weighted by Gasteiger charge is -2.18. The number of benzene rings is 2. The highest BCUT2D eigenvalue weighted by atomic mass is 19.1.